The van der Waals surface area contributed by atoms with Gasteiger partial charge in [0.25, 0.3) is 0 Å². The number of nitrogens with one attached hydrogen (secondary N) is 1. The van der Waals surface area contributed by atoms with Gasteiger partial charge in [-0.05, 0) is 35.6 Å². The Kier molecular flexibility index (Phi) is 5.36. The molecule has 4 rings (SSSR count). The fraction of sp³-hybridized carbons (Fsp3) is 0.120. The minimum Gasteiger partial charge on any atom is -0.369 e. The number of aromatic amines is 1. The van der Waals surface area contributed by atoms with Crippen LogP contribution in [0.25, 0.3) is 0 Å². The lowest BCUT2D eigenvalue weighted by atomic mass is 10.2. The van der Waals surface area contributed by atoms with Crippen molar-refractivity contribution in [3.8, 4) is 0 Å². The van der Waals surface area contributed by atoms with Gasteiger partial charge >= 0.3 is 0 Å². The summed E-state index contributed by atoms with van der Waals surface area (Å²) in [4.78, 5) is 3.60. The zero-order valence-electron chi connectivity index (χ0n) is 15.5. The Morgan fingerprint density at radius 3 is 1.22 bits per heavy atom. The van der Waals surface area contributed by atoms with Gasteiger partial charge in [-0.15, -0.1) is 0 Å². The van der Waals surface area contributed by atoms with Gasteiger partial charge in [0.1, 0.15) is 8.07 Å². The summed E-state index contributed by atoms with van der Waals surface area (Å²) in [6, 6.07) is 40.8. The molecule has 0 saturated heterocycles. The molecule has 0 unspecified atom stereocenters. The van der Waals surface area contributed by atoms with Crippen molar-refractivity contribution in [1.82, 2.24) is 4.98 Å². The molecule has 0 amide bonds. The Bertz CT molecular complexity index is 830. The van der Waals surface area contributed by atoms with E-state index in [1.807, 2.05) is 0 Å². The van der Waals surface area contributed by atoms with Crippen LogP contribution in [0.2, 0.25) is 0 Å². The first kappa shape index (κ1) is 17.6. The zero-order chi connectivity index (χ0) is 18.4. The molecule has 134 valence electrons. The van der Waals surface area contributed by atoms with Crippen LogP contribution < -0.4 is 5.32 Å². The van der Waals surface area contributed by atoms with Crippen molar-refractivity contribution in [2.75, 3.05) is 0 Å². The number of aromatic nitrogens is 1. The van der Waals surface area contributed by atoms with E-state index in [2.05, 4.69) is 114 Å². The molecule has 0 saturated carbocycles. The molecular weight excluding hydrogens is 342 g/mol. The third kappa shape index (κ3) is 4.29. The van der Waals surface area contributed by atoms with E-state index in [9.17, 15) is 0 Å². The third-order valence-corrected chi connectivity index (χ3v) is 10.0. The summed E-state index contributed by atoms with van der Waals surface area (Å²) in [5, 5.41) is 1.44. The quantitative estimate of drug-likeness (QED) is 0.442. The van der Waals surface area contributed by atoms with Crippen molar-refractivity contribution in [1.29, 1.82) is 0 Å². The maximum absolute atomic E-state index is 3.60. The summed E-state index contributed by atoms with van der Waals surface area (Å²) in [6.45, 7) is 0. The van der Waals surface area contributed by atoms with E-state index in [0.717, 1.165) is 18.1 Å². The van der Waals surface area contributed by atoms with Gasteiger partial charge in [0.15, 0.2) is 0 Å². The molecule has 1 N–H and O–H groups in total. The van der Waals surface area contributed by atoms with Crippen LogP contribution in [0.1, 0.15) is 16.7 Å². The van der Waals surface area contributed by atoms with Gasteiger partial charge in [-0.1, -0.05) is 108 Å². The lowest BCUT2D eigenvalue weighted by molar-refractivity contribution is 1.14. The number of hydrogen-bond donors (Lipinski definition) is 1. The van der Waals surface area contributed by atoms with Gasteiger partial charge in [0, 0.05) is 6.20 Å². The molecule has 1 aromatic heterocycles. The van der Waals surface area contributed by atoms with E-state index in [0.29, 0.717) is 0 Å². The van der Waals surface area contributed by atoms with Crippen LogP contribution in [0.3, 0.4) is 0 Å². The largest absolute Gasteiger partial charge is 0.369 e. The van der Waals surface area contributed by atoms with Crippen LogP contribution in [0, 0.1) is 0 Å². The average molecular weight is 368 g/mol. The minimum atomic E-state index is -1.90. The first-order chi connectivity index (χ1) is 13.3. The van der Waals surface area contributed by atoms with Crippen molar-refractivity contribution < 1.29 is 0 Å². The summed E-state index contributed by atoms with van der Waals surface area (Å²) in [7, 11) is -1.90. The highest BCUT2D eigenvalue weighted by atomic mass is 28.3. The average Bonchev–Trinajstić information content (AvgIpc) is 3.26. The van der Waals surface area contributed by atoms with Crippen molar-refractivity contribution in [2.24, 2.45) is 0 Å². The Hall–Kier alpha value is -2.84. The molecular formula is C25H25NSi. The number of H-pyrrole nitrogens is 1. The number of benzene rings is 3. The molecule has 0 aliphatic heterocycles. The van der Waals surface area contributed by atoms with Crippen molar-refractivity contribution in [3.63, 3.8) is 0 Å². The van der Waals surface area contributed by atoms with E-state index in [1.165, 1.54) is 22.0 Å². The lowest BCUT2D eigenvalue weighted by Gasteiger charge is -2.32. The summed E-state index contributed by atoms with van der Waals surface area (Å²) in [5.74, 6) is 0. The monoisotopic (exact) mass is 367 g/mol. The highest BCUT2D eigenvalue weighted by molar-refractivity contribution is 6.89. The molecule has 2 heteroatoms. The van der Waals surface area contributed by atoms with Crippen molar-refractivity contribution in [2.45, 2.75) is 18.1 Å². The molecule has 0 fully saturated rings. The molecule has 0 aliphatic rings. The highest BCUT2D eigenvalue weighted by Gasteiger charge is 2.36. The van der Waals surface area contributed by atoms with Crippen LogP contribution in [0.15, 0.2) is 109 Å². The molecule has 3 aromatic carbocycles. The second kappa shape index (κ2) is 8.23. The topological polar surface area (TPSA) is 15.8 Å². The minimum absolute atomic E-state index is 1.14. The maximum Gasteiger partial charge on any atom is 0.120 e. The molecule has 0 atom stereocenters. The first-order valence-electron chi connectivity index (χ1n) is 9.60. The smallest absolute Gasteiger partial charge is 0.120 e. The van der Waals surface area contributed by atoms with E-state index < -0.39 is 8.07 Å². The van der Waals surface area contributed by atoms with Gasteiger partial charge in [-0.25, -0.2) is 0 Å². The van der Waals surface area contributed by atoms with Crippen LogP contribution in [0.4, 0.5) is 0 Å². The normalized spacial score (nSPS) is 11.4. The lowest BCUT2D eigenvalue weighted by Crippen LogP contribution is -2.56. The third-order valence-electron chi connectivity index (χ3n) is 5.33. The van der Waals surface area contributed by atoms with Gasteiger partial charge < -0.3 is 4.98 Å². The molecule has 1 nitrogen and oxygen atoms in total. The Balaban J connectivity index is 1.79. The molecule has 0 aliphatic carbocycles. The molecule has 0 radical (unpaired) electrons. The Labute approximate surface area is 162 Å². The molecule has 4 aromatic rings. The number of hydrogen-bond acceptors (Lipinski definition) is 0. The summed E-state index contributed by atoms with van der Waals surface area (Å²) in [5.41, 5.74) is 4.31. The van der Waals surface area contributed by atoms with Crippen molar-refractivity contribution in [3.05, 3.63) is 126 Å². The predicted octanol–water partition coefficient (Wildman–Crippen LogP) is 5.02. The zero-order valence-corrected chi connectivity index (χ0v) is 16.5. The Morgan fingerprint density at radius 2 is 0.889 bits per heavy atom. The number of rotatable bonds is 7. The highest BCUT2D eigenvalue weighted by Crippen LogP contribution is 2.22. The van der Waals surface area contributed by atoms with Crippen LogP contribution in [-0.4, -0.2) is 13.1 Å². The predicted molar refractivity (Wildman–Crippen MR) is 117 cm³/mol. The standard InChI is InChI=1S/C25H25NSi/c1-4-11-22(12-5-1)19-27(25-17-10-18-26-25,20-23-13-6-2-7-14-23)21-24-15-8-3-9-16-24/h1-18,26H,19-21H2. The van der Waals surface area contributed by atoms with Gasteiger partial charge in [0.05, 0.1) is 0 Å². The SMILES string of the molecule is c1ccc(C[Si](Cc2ccccc2)(Cc2ccccc2)c2ccc[nH]2)cc1. The summed E-state index contributed by atoms with van der Waals surface area (Å²) >= 11 is 0. The van der Waals surface area contributed by atoms with E-state index in [-0.39, 0.29) is 0 Å². The molecule has 0 bridgehead atoms. The van der Waals surface area contributed by atoms with E-state index in [1.54, 1.807) is 0 Å². The fourth-order valence-corrected chi connectivity index (χ4v) is 8.93. The Morgan fingerprint density at radius 1 is 0.481 bits per heavy atom. The van der Waals surface area contributed by atoms with Crippen molar-refractivity contribution >= 4 is 13.4 Å². The van der Waals surface area contributed by atoms with Gasteiger partial charge in [-0.3, -0.25) is 0 Å². The fourth-order valence-electron chi connectivity index (χ4n) is 4.09. The maximum atomic E-state index is 3.60. The van der Waals surface area contributed by atoms with Gasteiger partial charge in [-0.2, -0.15) is 0 Å². The second-order valence-corrected chi connectivity index (χ2v) is 11.5. The first-order valence-corrected chi connectivity index (χ1v) is 12.2. The van der Waals surface area contributed by atoms with E-state index >= 15 is 0 Å². The molecule has 27 heavy (non-hydrogen) atoms. The van der Waals surface area contributed by atoms with Crippen LogP contribution in [-0.2, 0) is 18.1 Å². The summed E-state index contributed by atoms with van der Waals surface area (Å²) in [6.07, 6.45) is 2.08. The second-order valence-electron chi connectivity index (χ2n) is 7.35. The van der Waals surface area contributed by atoms with Crippen LogP contribution >= 0.6 is 0 Å². The van der Waals surface area contributed by atoms with E-state index in [4.69, 9.17) is 0 Å². The molecule has 1 heterocycles. The van der Waals surface area contributed by atoms with Crippen LogP contribution in [0.5, 0.6) is 0 Å². The van der Waals surface area contributed by atoms with Gasteiger partial charge in [0.2, 0.25) is 0 Å². The summed E-state index contributed by atoms with van der Waals surface area (Å²) < 4.78 is 0. The molecule has 0 spiro atoms.